The van der Waals surface area contributed by atoms with Crippen LogP contribution in [0.3, 0.4) is 0 Å². The van der Waals surface area contributed by atoms with Gasteiger partial charge in [-0.1, -0.05) is 0 Å². The summed E-state index contributed by atoms with van der Waals surface area (Å²) in [5.41, 5.74) is -0.227. The fourth-order valence-corrected chi connectivity index (χ4v) is 1.52. The molecule has 0 unspecified atom stereocenters. The number of anilines is 1. The van der Waals surface area contributed by atoms with E-state index in [9.17, 15) is 9.59 Å². The van der Waals surface area contributed by atoms with Gasteiger partial charge in [-0.3, -0.25) is 9.59 Å². The Morgan fingerprint density at radius 3 is 2.65 bits per heavy atom. The molecule has 1 amide bonds. The standard InChI is InChI=1S/C11H18N4O2/c1-4-15(5-2)11(17)7-12-9-6-10(16)14-8(3)13-9/h6H,4-5,7H2,1-3H3,(H2,12,13,14,16). The van der Waals surface area contributed by atoms with Gasteiger partial charge in [-0.25, -0.2) is 4.98 Å². The van der Waals surface area contributed by atoms with E-state index in [1.807, 2.05) is 13.8 Å². The van der Waals surface area contributed by atoms with E-state index >= 15 is 0 Å². The lowest BCUT2D eigenvalue weighted by atomic mass is 10.4. The zero-order valence-electron chi connectivity index (χ0n) is 10.4. The zero-order chi connectivity index (χ0) is 12.8. The predicted molar refractivity (Wildman–Crippen MR) is 66.0 cm³/mol. The number of amides is 1. The second-order valence-electron chi connectivity index (χ2n) is 3.64. The third-order valence-corrected chi connectivity index (χ3v) is 2.40. The van der Waals surface area contributed by atoms with E-state index in [1.54, 1.807) is 11.8 Å². The van der Waals surface area contributed by atoms with Gasteiger partial charge in [0.15, 0.2) is 0 Å². The first-order chi connectivity index (χ1) is 8.06. The van der Waals surface area contributed by atoms with E-state index in [4.69, 9.17) is 0 Å². The van der Waals surface area contributed by atoms with E-state index in [0.29, 0.717) is 24.7 Å². The molecule has 1 aromatic heterocycles. The van der Waals surface area contributed by atoms with Crippen LogP contribution in [0, 0.1) is 6.92 Å². The summed E-state index contributed by atoms with van der Waals surface area (Å²) in [6.45, 7) is 7.06. The highest BCUT2D eigenvalue weighted by Gasteiger charge is 2.09. The van der Waals surface area contributed by atoms with Gasteiger partial charge in [0.25, 0.3) is 5.56 Å². The Morgan fingerprint density at radius 1 is 1.47 bits per heavy atom. The quantitative estimate of drug-likeness (QED) is 0.776. The first-order valence-electron chi connectivity index (χ1n) is 5.66. The molecule has 0 bridgehead atoms. The number of likely N-dealkylation sites (N-methyl/N-ethyl adjacent to an activating group) is 1. The number of hydrogen-bond acceptors (Lipinski definition) is 4. The van der Waals surface area contributed by atoms with Crippen LogP contribution in [-0.2, 0) is 4.79 Å². The number of hydrogen-bond donors (Lipinski definition) is 2. The van der Waals surface area contributed by atoms with Gasteiger partial charge in [-0.2, -0.15) is 0 Å². The number of aromatic nitrogens is 2. The summed E-state index contributed by atoms with van der Waals surface area (Å²) in [5.74, 6) is 0.941. The Labute approximate surface area is 100 Å². The van der Waals surface area contributed by atoms with Gasteiger partial charge in [0.1, 0.15) is 11.6 Å². The maximum absolute atomic E-state index is 11.7. The number of nitrogens with one attached hydrogen (secondary N) is 2. The molecule has 1 rings (SSSR count). The molecule has 0 aromatic carbocycles. The smallest absolute Gasteiger partial charge is 0.252 e. The number of aromatic amines is 1. The van der Waals surface area contributed by atoms with Gasteiger partial charge in [0.05, 0.1) is 6.54 Å². The Balaban J connectivity index is 2.61. The predicted octanol–water partition coefficient (Wildman–Crippen LogP) is 0.359. The van der Waals surface area contributed by atoms with Gasteiger partial charge in [0.2, 0.25) is 5.91 Å². The summed E-state index contributed by atoms with van der Waals surface area (Å²) in [6.07, 6.45) is 0. The molecule has 0 aliphatic rings. The molecule has 0 radical (unpaired) electrons. The Bertz CT molecular complexity index is 437. The maximum Gasteiger partial charge on any atom is 0.252 e. The summed E-state index contributed by atoms with van der Waals surface area (Å²) < 4.78 is 0. The molecule has 0 saturated heterocycles. The molecule has 6 heteroatoms. The first kappa shape index (κ1) is 13.2. The lowest BCUT2D eigenvalue weighted by molar-refractivity contribution is -0.128. The van der Waals surface area contributed by atoms with Crippen molar-refractivity contribution < 1.29 is 4.79 Å². The number of carbonyl (C=O) groups is 1. The minimum atomic E-state index is -0.227. The minimum absolute atomic E-state index is 0.00488. The highest BCUT2D eigenvalue weighted by atomic mass is 16.2. The molecule has 0 saturated carbocycles. The van der Waals surface area contributed by atoms with E-state index in [0.717, 1.165) is 0 Å². The van der Waals surface area contributed by atoms with Crippen LogP contribution in [-0.4, -0.2) is 40.4 Å². The molecule has 94 valence electrons. The summed E-state index contributed by atoms with van der Waals surface area (Å²) in [4.78, 5) is 31.2. The van der Waals surface area contributed by atoms with Crippen LogP contribution in [0.2, 0.25) is 0 Å². The number of carbonyl (C=O) groups excluding carboxylic acids is 1. The van der Waals surface area contributed by atoms with Crippen molar-refractivity contribution in [1.82, 2.24) is 14.9 Å². The van der Waals surface area contributed by atoms with Gasteiger partial charge >= 0.3 is 0 Å². The second kappa shape index (κ2) is 6.03. The van der Waals surface area contributed by atoms with Gasteiger partial charge in [-0.05, 0) is 20.8 Å². The normalized spacial score (nSPS) is 10.1. The average molecular weight is 238 g/mol. The molecule has 17 heavy (non-hydrogen) atoms. The van der Waals surface area contributed by atoms with E-state index in [2.05, 4.69) is 15.3 Å². The molecule has 1 heterocycles. The van der Waals surface area contributed by atoms with Crippen molar-refractivity contribution in [2.24, 2.45) is 0 Å². The molecule has 0 fully saturated rings. The molecule has 6 nitrogen and oxygen atoms in total. The van der Waals surface area contributed by atoms with E-state index in [-0.39, 0.29) is 18.0 Å². The maximum atomic E-state index is 11.7. The second-order valence-corrected chi connectivity index (χ2v) is 3.64. The van der Waals surface area contributed by atoms with Crippen molar-refractivity contribution in [1.29, 1.82) is 0 Å². The molecule has 0 aliphatic carbocycles. The Kier molecular flexibility index (Phi) is 4.68. The first-order valence-corrected chi connectivity index (χ1v) is 5.66. The summed E-state index contributed by atoms with van der Waals surface area (Å²) in [5, 5.41) is 2.85. The molecular formula is C11H18N4O2. The third-order valence-electron chi connectivity index (χ3n) is 2.40. The van der Waals surface area contributed by atoms with Gasteiger partial charge < -0.3 is 15.2 Å². The van der Waals surface area contributed by atoms with Crippen LogP contribution in [0.4, 0.5) is 5.82 Å². The van der Waals surface area contributed by atoms with Crippen LogP contribution in [0.15, 0.2) is 10.9 Å². The molecule has 0 aliphatic heterocycles. The minimum Gasteiger partial charge on any atom is -0.361 e. The number of aryl methyl sites for hydroxylation is 1. The van der Waals surface area contributed by atoms with Crippen LogP contribution < -0.4 is 10.9 Å². The topological polar surface area (TPSA) is 78.1 Å². The van der Waals surface area contributed by atoms with Crippen molar-refractivity contribution in [3.63, 3.8) is 0 Å². The van der Waals surface area contributed by atoms with Gasteiger partial charge in [0, 0.05) is 19.2 Å². The van der Waals surface area contributed by atoms with Crippen molar-refractivity contribution in [2.75, 3.05) is 25.0 Å². The number of nitrogens with zero attached hydrogens (tertiary/aromatic N) is 2. The van der Waals surface area contributed by atoms with Gasteiger partial charge in [-0.15, -0.1) is 0 Å². The fourth-order valence-electron chi connectivity index (χ4n) is 1.52. The van der Waals surface area contributed by atoms with Crippen molar-refractivity contribution in [2.45, 2.75) is 20.8 Å². The number of rotatable bonds is 5. The van der Waals surface area contributed by atoms with Crippen LogP contribution in [0.5, 0.6) is 0 Å². The zero-order valence-corrected chi connectivity index (χ0v) is 10.4. The Morgan fingerprint density at radius 2 is 2.12 bits per heavy atom. The Hall–Kier alpha value is -1.85. The highest BCUT2D eigenvalue weighted by Crippen LogP contribution is 1.98. The van der Waals surface area contributed by atoms with E-state index < -0.39 is 0 Å². The SMILES string of the molecule is CCN(CC)C(=O)CNc1cc(=O)[nH]c(C)n1. The largest absolute Gasteiger partial charge is 0.361 e. The van der Waals surface area contributed by atoms with Crippen molar-refractivity contribution >= 4 is 11.7 Å². The summed E-state index contributed by atoms with van der Waals surface area (Å²) >= 11 is 0. The van der Waals surface area contributed by atoms with Crippen LogP contribution >= 0.6 is 0 Å². The number of H-pyrrole nitrogens is 1. The van der Waals surface area contributed by atoms with Crippen LogP contribution in [0.25, 0.3) is 0 Å². The third kappa shape index (κ3) is 3.90. The average Bonchev–Trinajstić information content (AvgIpc) is 2.27. The molecule has 2 N–H and O–H groups in total. The lowest BCUT2D eigenvalue weighted by Crippen LogP contribution is -2.35. The molecule has 0 atom stereocenters. The monoisotopic (exact) mass is 238 g/mol. The molecule has 1 aromatic rings. The summed E-state index contributed by atoms with van der Waals surface area (Å²) in [6, 6.07) is 1.34. The molecular weight excluding hydrogens is 220 g/mol. The van der Waals surface area contributed by atoms with Crippen molar-refractivity contribution in [3.05, 3.63) is 22.2 Å². The van der Waals surface area contributed by atoms with E-state index in [1.165, 1.54) is 6.07 Å². The summed E-state index contributed by atoms with van der Waals surface area (Å²) in [7, 11) is 0. The highest BCUT2D eigenvalue weighted by molar-refractivity contribution is 5.80. The fraction of sp³-hybridized carbons (Fsp3) is 0.545. The molecule has 0 spiro atoms. The van der Waals surface area contributed by atoms with Crippen molar-refractivity contribution in [3.8, 4) is 0 Å². The van der Waals surface area contributed by atoms with Crippen LogP contribution in [0.1, 0.15) is 19.7 Å². The lowest BCUT2D eigenvalue weighted by Gasteiger charge is -2.18.